The molecule has 0 spiro atoms. The number of likely N-dealkylation sites (N-methyl/N-ethyl adjacent to an activating group) is 2. The highest BCUT2D eigenvalue weighted by molar-refractivity contribution is 6.01. The second-order valence-electron chi connectivity index (χ2n) is 5.40. The molecular formula is C15H21N3O3. The summed E-state index contributed by atoms with van der Waals surface area (Å²) < 4.78 is 5.57. The monoisotopic (exact) mass is 291 g/mol. The predicted molar refractivity (Wildman–Crippen MR) is 80.8 cm³/mol. The fraction of sp³-hybridized carbons (Fsp3) is 0.467. The first-order valence-electron chi connectivity index (χ1n) is 6.91. The highest BCUT2D eigenvalue weighted by Crippen LogP contribution is 2.33. The molecule has 1 atom stereocenters. The third kappa shape index (κ3) is 3.33. The Hall–Kier alpha value is -2.08. The summed E-state index contributed by atoms with van der Waals surface area (Å²) in [5.41, 5.74) is 1.21. The van der Waals surface area contributed by atoms with Crippen LogP contribution in [0.1, 0.15) is 17.3 Å². The minimum Gasteiger partial charge on any atom is -0.479 e. The lowest BCUT2D eigenvalue weighted by Gasteiger charge is -2.30. The van der Waals surface area contributed by atoms with Crippen molar-refractivity contribution in [3.05, 3.63) is 23.8 Å². The minimum atomic E-state index is -0.533. The van der Waals surface area contributed by atoms with Gasteiger partial charge >= 0.3 is 0 Å². The molecule has 0 radical (unpaired) electrons. The van der Waals surface area contributed by atoms with Crippen molar-refractivity contribution in [1.82, 2.24) is 10.2 Å². The molecule has 1 aliphatic rings. The molecule has 2 amide bonds. The van der Waals surface area contributed by atoms with Crippen LogP contribution in [0.5, 0.6) is 5.75 Å². The number of rotatable bonds is 4. The molecule has 0 fully saturated rings. The van der Waals surface area contributed by atoms with Crippen molar-refractivity contribution < 1.29 is 14.3 Å². The summed E-state index contributed by atoms with van der Waals surface area (Å²) in [4.78, 5) is 27.5. The summed E-state index contributed by atoms with van der Waals surface area (Å²) in [6.45, 7) is 3.06. The van der Waals surface area contributed by atoms with Gasteiger partial charge in [-0.25, -0.2) is 0 Å². The van der Waals surface area contributed by atoms with E-state index < -0.39 is 6.10 Å². The van der Waals surface area contributed by atoms with E-state index >= 15 is 0 Å². The van der Waals surface area contributed by atoms with Crippen LogP contribution in [0.4, 0.5) is 5.69 Å². The highest BCUT2D eigenvalue weighted by Gasteiger charge is 2.29. The first-order valence-corrected chi connectivity index (χ1v) is 6.91. The number of carbonyl (C=O) groups is 2. The molecular weight excluding hydrogens is 270 g/mol. The van der Waals surface area contributed by atoms with Gasteiger partial charge in [-0.2, -0.15) is 0 Å². The molecule has 1 aliphatic heterocycles. The number of anilines is 1. The van der Waals surface area contributed by atoms with E-state index in [2.05, 4.69) is 5.32 Å². The molecule has 6 heteroatoms. The predicted octanol–water partition coefficient (Wildman–Crippen LogP) is 0.722. The molecule has 1 heterocycles. The molecule has 2 rings (SSSR count). The average molecular weight is 291 g/mol. The molecule has 0 aliphatic carbocycles. The van der Waals surface area contributed by atoms with E-state index in [1.54, 1.807) is 37.1 Å². The second kappa shape index (κ2) is 6.13. The second-order valence-corrected chi connectivity index (χ2v) is 5.40. The number of nitrogens with one attached hydrogen (secondary N) is 1. The van der Waals surface area contributed by atoms with Gasteiger partial charge < -0.3 is 19.9 Å². The van der Waals surface area contributed by atoms with Gasteiger partial charge in [0, 0.05) is 25.7 Å². The van der Waals surface area contributed by atoms with Crippen LogP contribution < -0.4 is 15.0 Å². The lowest BCUT2D eigenvalue weighted by Crippen LogP contribution is -2.42. The zero-order chi connectivity index (χ0) is 15.6. The van der Waals surface area contributed by atoms with Crippen molar-refractivity contribution in [2.45, 2.75) is 13.0 Å². The number of carbonyl (C=O) groups excluding carboxylic acids is 2. The van der Waals surface area contributed by atoms with E-state index in [1.807, 2.05) is 19.0 Å². The summed E-state index contributed by atoms with van der Waals surface area (Å²) in [5, 5.41) is 2.85. The number of ether oxygens (including phenoxy) is 1. The zero-order valence-electron chi connectivity index (χ0n) is 12.8. The Morgan fingerprint density at radius 3 is 2.81 bits per heavy atom. The zero-order valence-corrected chi connectivity index (χ0v) is 12.8. The van der Waals surface area contributed by atoms with E-state index in [0.717, 1.165) is 6.54 Å². The highest BCUT2D eigenvalue weighted by atomic mass is 16.5. The average Bonchev–Trinajstić information content (AvgIpc) is 2.44. The quantitative estimate of drug-likeness (QED) is 0.888. The Morgan fingerprint density at radius 1 is 1.43 bits per heavy atom. The molecule has 1 aromatic rings. The number of nitrogens with zero attached hydrogens (tertiary/aromatic N) is 2. The van der Waals surface area contributed by atoms with Crippen molar-refractivity contribution >= 4 is 17.5 Å². The smallest absolute Gasteiger partial charge is 0.267 e. The maximum atomic E-state index is 12.1. The molecule has 21 heavy (non-hydrogen) atoms. The number of hydrogen-bond donors (Lipinski definition) is 1. The van der Waals surface area contributed by atoms with Crippen LogP contribution in [0.3, 0.4) is 0 Å². The number of hydrogen-bond acceptors (Lipinski definition) is 4. The summed E-state index contributed by atoms with van der Waals surface area (Å²) in [6, 6.07) is 5.12. The SMILES string of the molecule is CC1Oc2cc(C(=O)NCCN(C)C)ccc2N(C)C1=O. The van der Waals surface area contributed by atoms with Gasteiger partial charge in [0.2, 0.25) is 0 Å². The van der Waals surface area contributed by atoms with Crippen molar-refractivity contribution in [2.24, 2.45) is 0 Å². The molecule has 1 unspecified atom stereocenters. The fourth-order valence-electron chi connectivity index (χ4n) is 2.15. The molecule has 6 nitrogen and oxygen atoms in total. The van der Waals surface area contributed by atoms with Crippen molar-refractivity contribution in [3.63, 3.8) is 0 Å². The number of fused-ring (bicyclic) bond motifs is 1. The minimum absolute atomic E-state index is 0.0920. The van der Waals surface area contributed by atoms with Gasteiger partial charge in [0.1, 0.15) is 5.75 Å². The van der Waals surface area contributed by atoms with Crippen LogP contribution in [0.15, 0.2) is 18.2 Å². The number of amides is 2. The molecule has 114 valence electrons. The lowest BCUT2D eigenvalue weighted by molar-refractivity contribution is -0.125. The van der Waals surface area contributed by atoms with Gasteiger partial charge in [-0.1, -0.05) is 0 Å². The van der Waals surface area contributed by atoms with Crippen molar-refractivity contribution in [1.29, 1.82) is 0 Å². The van der Waals surface area contributed by atoms with Gasteiger partial charge in [0.15, 0.2) is 6.10 Å². The Morgan fingerprint density at radius 2 is 2.14 bits per heavy atom. The molecule has 1 aromatic carbocycles. The lowest BCUT2D eigenvalue weighted by atomic mass is 10.1. The largest absolute Gasteiger partial charge is 0.479 e. The van der Waals surface area contributed by atoms with E-state index in [0.29, 0.717) is 23.5 Å². The standard InChI is InChI=1S/C15H21N3O3/c1-10-15(20)18(4)12-6-5-11(9-13(12)21-10)14(19)16-7-8-17(2)3/h5-6,9-10H,7-8H2,1-4H3,(H,16,19). The number of benzene rings is 1. The Labute approximate surface area is 124 Å². The summed E-state index contributed by atoms with van der Waals surface area (Å²) in [6.07, 6.45) is -0.533. The van der Waals surface area contributed by atoms with Crippen molar-refractivity contribution in [3.8, 4) is 5.75 Å². The molecule has 0 saturated carbocycles. The Kier molecular flexibility index (Phi) is 4.47. The van der Waals surface area contributed by atoms with Gasteiger partial charge in [0.25, 0.3) is 11.8 Å². The van der Waals surface area contributed by atoms with Crippen LogP contribution in [0, 0.1) is 0 Å². The maximum Gasteiger partial charge on any atom is 0.267 e. The van der Waals surface area contributed by atoms with Crippen molar-refractivity contribution in [2.75, 3.05) is 39.1 Å². The van der Waals surface area contributed by atoms with Crippen LogP contribution in [-0.4, -0.2) is 57.1 Å². The summed E-state index contributed by atoms with van der Waals surface area (Å²) in [5.74, 6) is 0.325. The van der Waals surface area contributed by atoms with Crippen LogP contribution in [0.25, 0.3) is 0 Å². The molecule has 0 saturated heterocycles. The van der Waals surface area contributed by atoms with E-state index in [9.17, 15) is 9.59 Å². The summed E-state index contributed by atoms with van der Waals surface area (Å²) >= 11 is 0. The van der Waals surface area contributed by atoms with Crippen LogP contribution in [0.2, 0.25) is 0 Å². The maximum absolute atomic E-state index is 12.1. The first kappa shape index (κ1) is 15.3. The molecule has 1 N–H and O–H groups in total. The fourth-order valence-corrected chi connectivity index (χ4v) is 2.15. The molecule has 0 aromatic heterocycles. The van der Waals surface area contributed by atoms with E-state index in [4.69, 9.17) is 4.74 Å². The van der Waals surface area contributed by atoms with Crippen LogP contribution >= 0.6 is 0 Å². The normalized spacial score (nSPS) is 17.5. The topological polar surface area (TPSA) is 61.9 Å². The Bertz CT molecular complexity index is 557. The van der Waals surface area contributed by atoms with Gasteiger partial charge in [-0.3, -0.25) is 9.59 Å². The third-order valence-electron chi connectivity index (χ3n) is 3.41. The van der Waals surface area contributed by atoms with Crippen LogP contribution in [-0.2, 0) is 4.79 Å². The van der Waals surface area contributed by atoms with E-state index in [-0.39, 0.29) is 11.8 Å². The van der Waals surface area contributed by atoms with Gasteiger partial charge in [0.05, 0.1) is 5.69 Å². The third-order valence-corrected chi connectivity index (χ3v) is 3.41. The van der Waals surface area contributed by atoms with Gasteiger partial charge in [-0.05, 0) is 39.2 Å². The van der Waals surface area contributed by atoms with Gasteiger partial charge in [-0.15, -0.1) is 0 Å². The Balaban J connectivity index is 2.12. The summed E-state index contributed by atoms with van der Waals surface area (Å²) in [7, 11) is 5.61. The first-order chi connectivity index (χ1) is 9.90. The van der Waals surface area contributed by atoms with E-state index in [1.165, 1.54) is 0 Å². The molecule has 0 bridgehead atoms.